The summed E-state index contributed by atoms with van der Waals surface area (Å²) in [5.74, 6) is 0.528. The molecular formula is C15H21N. The first-order valence-electron chi connectivity index (χ1n) is 6.10. The van der Waals surface area contributed by atoms with Crippen LogP contribution in [0, 0.1) is 31.1 Å². The van der Waals surface area contributed by atoms with Crippen molar-refractivity contribution in [3.05, 3.63) is 34.9 Å². The van der Waals surface area contributed by atoms with Gasteiger partial charge in [-0.15, -0.1) is 0 Å². The Labute approximate surface area is 99.1 Å². The minimum atomic E-state index is 0.0496. The Hall–Kier alpha value is -1.29. The van der Waals surface area contributed by atoms with Crippen molar-refractivity contribution in [2.45, 2.75) is 46.5 Å². The van der Waals surface area contributed by atoms with E-state index in [1.54, 1.807) is 0 Å². The Kier molecular flexibility index (Phi) is 4.55. The lowest BCUT2D eigenvalue weighted by atomic mass is 9.83. The summed E-state index contributed by atoms with van der Waals surface area (Å²) in [6.07, 6.45) is 2.14. The molecule has 1 rings (SSSR count). The van der Waals surface area contributed by atoms with E-state index >= 15 is 0 Å². The third-order valence-electron chi connectivity index (χ3n) is 3.26. The molecule has 0 N–H and O–H groups in total. The maximum Gasteiger partial charge on any atom is 0.0740 e. The number of rotatable bonds is 4. The molecule has 0 fully saturated rings. The lowest BCUT2D eigenvalue weighted by Gasteiger charge is -2.20. The topological polar surface area (TPSA) is 23.8 Å². The molecule has 1 nitrogen and oxygen atoms in total. The molecule has 0 spiro atoms. The second-order valence-electron chi connectivity index (χ2n) is 4.60. The Bertz CT molecular complexity index is 363. The predicted molar refractivity (Wildman–Crippen MR) is 68.3 cm³/mol. The minimum Gasteiger partial charge on any atom is -0.198 e. The van der Waals surface area contributed by atoms with Crippen molar-refractivity contribution in [3.8, 4) is 6.07 Å². The van der Waals surface area contributed by atoms with Crippen LogP contribution in [0.25, 0.3) is 0 Å². The van der Waals surface area contributed by atoms with Crippen molar-refractivity contribution in [2.24, 2.45) is 5.92 Å². The normalized spacial score (nSPS) is 12.5. The van der Waals surface area contributed by atoms with E-state index in [-0.39, 0.29) is 5.92 Å². The quantitative estimate of drug-likeness (QED) is 0.732. The maximum atomic E-state index is 9.34. The zero-order valence-electron chi connectivity index (χ0n) is 10.7. The molecule has 0 aromatic heterocycles. The first-order chi connectivity index (χ1) is 7.62. The number of benzene rings is 1. The summed E-state index contributed by atoms with van der Waals surface area (Å²) in [6, 6.07) is 8.94. The summed E-state index contributed by atoms with van der Waals surface area (Å²) in [4.78, 5) is 0. The van der Waals surface area contributed by atoms with E-state index in [1.165, 1.54) is 16.7 Å². The zero-order chi connectivity index (χ0) is 12.1. The summed E-state index contributed by atoms with van der Waals surface area (Å²) in [6.45, 7) is 8.53. The molecule has 1 aromatic rings. The van der Waals surface area contributed by atoms with Gasteiger partial charge in [-0.05, 0) is 25.3 Å². The van der Waals surface area contributed by atoms with E-state index in [2.05, 4.69) is 52.0 Å². The Morgan fingerprint density at radius 2 is 1.56 bits per heavy atom. The van der Waals surface area contributed by atoms with Gasteiger partial charge in [0, 0.05) is 0 Å². The molecule has 0 aliphatic rings. The van der Waals surface area contributed by atoms with E-state index in [9.17, 15) is 5.26 Å². The molecule has 0 amide bonds. The van der Waals surface area contributed by atoms with Crippen LogP contribution in [-0.4, -0.2) is 0 Å². The van der Waals surface area contributed by atoms with E-state index in [4.69, 9.17) is 0 Å². The van der Waals surface area contributed by atoms with Gasteiger partial charge in [-0.3, -0.25) is 0 Å². The first kappa shape index (κ1) is 12.8. The van der Waals surface area contributed by atoms with Crippen molar-refractivity contribution in [1.82, 2.24) is 0 Å². The van der Waals surface area contributed by atoms with Crippen LogP contribution < -0.4 is 0 Å². The van der Waals surface area contributed by atoms with E-state index in [1.807, 2.05) is 0 Å². The fourth-order valence-corrected chi connectivity index (χ4v) is 2.40. The maximum absolute atomic E-state index is 9.34. The fourth-order valence-electron chi connectivity index (χ4n) is 2.40. The van der Waals surface area contributed by atoms with Crippen LogP contribution in [0.2, 0.25) is 0 Å². The Morgan fingerprint density at radius 3 is 1.94 bits per heavy atom. The Balaban J connectivity index is 3.08. The van der Waals surface area contributed by atoms with Gasteiger partial charge < -0.3 is 0 Å². The predicted octanol–water partition coefficient (Wildman–Crippen LogP) is 4.35. The van der Waals surface area contributed by atoms with Crippen molar-refractivity contribution < 1.29 is 0 Å². The average molecular weight is 215 g/mol. The zero-order valence-corrected chi connectivity index (χ0v) is 10.7. The minimum absolute atomic E-state index is 0.0496. The van der Waals surface area contributed by atoms with Crippen LogP contribution in [0.3, 0.4) is 0 Å². The molecule has 1 atom stereocenters. The average Bonchev–Trinajstić information content (AvgIpc) is 2.24. The molecule has 86 valence electrons. The molecule has 0 bridgehead atoms. The molecule has 0 aliphatic heterocycles. The van der Waals surface area contributed by atoms with Gasteiger partial charge in [0.2, 0.25) is 0 Å². The van der Waals surface area contributed by atoms with Gasteiger partial charge in [0.1, 0.15) is 0 Å². The van der Waals surface area contributed by atoms with E-state index in [0.29, 0.717) is 5.92 Å². The van der Waals surface area contributed by atoms with Crippen molar-refractivity contribution >= 4 is 0 Å². The lowest BCUT2D eigenvalue weighted by Crippen LogP contribution is -2.10. The van der Waals surface area contributed by atoms with Gasteiger partial charge in [-0.25, -0.2) is 0 Å². The number of nitrogens with zero attached hydrogens (tertiary/aromatic N) is 1. The first-order valence-corrected chi connectivity index (χ1v) is 6.10. The van der Waals surface area contributed by atoms with Crippen LogP contribution >= 0.6 is 0 Å². The van der Waals surface area contributed by atoms with Gasteiger partial charge in [0.25, 0.3) is 0 Å². The van der Waals surface area contributed by atoms with Crippen LogP contribution in [0.4, 0.5) is 0 Å². The lowest BCUT2D eigenvalue weighted by molar-refractivity contribution is 0.452. The molecule has 0 radical (unpaired) electrons. The van der Waals surface area contributed by atoms with Gasteiger partial charge in [-0.2, -0.15) is 5.26 Å². The number of hydrogen-bond donors (Lipinski definition) is 0. The standard InChI is InChI=1S/C15H21N/c1-5-13(6-2)15(10-16)14-8-11(3)7-12(4)9-14/h7-9,13,15H,5-6H2,1-4H3. The van der Waals surface area contributed by atoms with Gasteiger partial charge in [0.05, 0.1) is 12.0 Å². The fraction of sp³-hybridized carbons (Fsp3) is 0.533. The second kappa shape index (κ2) is 5.70. The Morgan fingerprint density at radius 1 is 1.06 bits per heavy atom. The number of nitriles is 1. The highest BCUT2D eigenvalue weighted by atomic mass is 14.3. The van der Waals surface area contributed by atoms with E-state index < -0.39 is 0 Å². The van der Waals surface area contributed by atoms with E-state index in [0.717, 1.165) is 12.8 Å². The monoisotopic (exact) mass is 215 g/mol. The highest BCUT2D eigenvalue weighted by Crippen LogP contribution is 2.30. The second-order valence-corrected chi connectivity index (χ2v) is 4.60. The van der Waals surface area contributed by atoms with Crippen molar-refractivity contribution in [1.29, 1.82) is 5.26 Å². The molecule has 0 saturated carbocycles. The summed E-state index contributed by atoms with van der Waals surface area (Å²) < 4.78 is 0. The smallest absolute Gasteiger partial charge is 0.0740 e. The molecule has 1 heteroatoms. The number of hydrogen-bond acceptors (Lipinski definition) is 1. The summed E-state index contributed by atoms with van der Waals surface area (Å²) in [7, 11) is 0. The molecular weight excluding hydrogens is 194 g/mol. The van der Waals surface area contributed by atoms with Crippen molar-refractivity contribution in [3.63, 3.8) is 0 Å². The molecule has 0 saturated heterocycles. The molecule has 0 aliphatic carbocycles. The third-order valence-corrected chi connectivity index (χ3v) is 3.26. The molecule has 16 heavy (non-hydrogen) atoms. The number of aryl methyl sites for hydroxylation is 2. The largest absolute Gasteiger partial charge is 0.198 e. The van der Waals surface area contributed by atoms with Crippen molar-refractivity contribution in [2.75, 3.05) is 0 Å². The van der Waals surface area contributed by atoms with Crippen LogP contribution in [-0.2, 0) is 0 Å². The van der Waals surface area contributed by atoms with Gasteiger partial charge in [0.15, 0.2) is 0 Å². The highest BCUT2D eigenvalue weighted by molar-refractivity contribution is 5.34. The van der Waals surface area contributed by atoms with Gasteiger partial charge >= 0.3 is 0 Å². The third kappa shape index (κ3) is 2.85. The summed E-state index contributed by atoms with van der Waals surface area (Å²) >= 11 is 0. The van der Waals surface area contributed by atoms with Crippen LogP contribution in [0.1, 0.15) is 49.3 Å². The SMILES string of the molecule is CCC(CC)C(C#N)c1cc(C)cc(C)c1. The molecule has 1 aromatic carbocycles. The van der Waals surface area contributed by atoms with Gasteiger partial charge in [-0.1, -0.05) is 56.0 Å². The summed E-state index contributed by atoms with van der Waals surface area (Å²) in [5, 5.41) is 9.34. The molecule has 0 heterocycles. The molecule has 1 unspecified atom stereocenters. The van der Waals surface area contributed by atoms with Crippen LogP contribution in [0.15, 0.2) is 18.2 Å². The van der Waals surface area contributed by atoms with Crippen LogP contribution in [0.5, 0.6) is 0 Å². The summed E-state index contributed by atoms with van der Waals surface area (Å²) in [5.41, 5.74) is 3.69. The highest BCUT2D eigenvalue weighted by Gasteiger charge is 2.20.